The third-order valence-electron chi connectivity index (χ3n) is 4.97. The molecule has 0 saturated carbocycles. The largest absolute Gasteiger partial charge is 0.504 e. The molecule has 1 heterocycles. The lowest BCUT2D eigenvalue weighted by Gasteiger charge is -2.17. The van der Waals surface area contributed by atoms with Gasteiger partial charge in [0.05, 0.1) is 18.8 Å². The van der Waals surface area contributed by atoms with Gasteiger partial charge in [-0.2, -0.15) is 0 Å². The summed E-state index contributed by atoms with van der Waals surface area (Å²) >= 11 is 0. The summed E-state index contributed by atoms with van der Waals surface area (Å²) in [5, 5.41) is 20.1. The van der Waals surface area contributed by atoms with E-state index in [4.69, 9.17) is 14.2 Å². The lowest BCUT2D eigenvalue weighted by Crippen LogP contribution is -2.03. The summed E-state index contributed by atoms with van der Waals surface area (Å²) < 4.78 is 16.7. The van der Waals surface area contributed by atoms with Crippen LogP contribution in [0, 0.1) is 0 Å². The quantitative estimate of drug-likeness (QED) is 0.571. The molecule has 0 saturated heterocycles. The summed E-state index contributed by atoms with van der Waals surface area (Å²) in [4.78, 5) is 12.6. The van der Waals surface area contributed by atoms with Crippen LogP contribution in [0.1, 0.15) is 41.4 Å². The molecule has 154 valence electrons. The Balaban J connectivity index is 1.85. The molecule has 1 atom stereocenters. The van der Waals surface area contributed by atoms with Crippen LogP contribution in [0.2, 0.25) is 0 Å². The van der Waals surface area contributed by atoms with Gasteiger partial charge in [-0.05, 0) is 55.3 Å². The highest BCUT2D eigenvalue weighted by molar-refractivity contribution is 5.97. The number of phenols is 2. The Morgan fingerprint density at radius 3 is 2.20 bits per heavy atom. The van der Waals surface area contributed by atoms with E-state index in [2.05, 4.69) is 0 Å². The molecule has 1 aliphatic rings. The molecule has 3 aromatic carbocycles. The molecule has 6 nitrogen and oxygen atoms in total. The van der Waals surface area contributed by atoms with E-state index < -0.39 is 12.1 Å². The molecule has 0 amide bonds. The molecule has 4 rings (SSSR count). The Bertz CT molecular complexity index is 1100. The third kappa shape index (κ3) is 3.41. The van der Waals surface area contributed by atoms with Crippen LogP contribution in [0.15, 0.2) is 54.6 Å². The fourth-order valence-corrected chi connectivity index (χ4v) is 3.66. The molecule has 0 radical (unpaired) electrons. The number of rotatable bonds is 6. The standard InChI is InChI=1S/C24H22O6/c1-3-28-20-12-14(8-10-18(20)25)16-6-5-7-17-22(16)23(30-24(17)27)15-9-11-19(26)21(13-15)29-4-2/h5-13,23,25-26H,3-4H2,1-2H3. The topological polar surface area (TPSA) is 85.2 Å². The number of benzene rings is 3. The highest BCUT2D eigenvalue weighted by atomic mass is 16.5. The summed E-state index contributed by atoms with van der Waals surface area (Å²) in [5.74, 6) is 0.375. The Morgan fingerprint density at radius 1 is 0.867 bits per heavy atom. The van der Waals surface area contributed by atoms with Gasteiger partial charge in [0.15, 0.2) is 29.1 Å². The number of carbonyl (C=O) groups is 1. The maximum absolute atomic E-state index is 12.6. The second kappa shape index (κ2) is 7.99. The number of aromatic hydroxyl groups is 2. The van der Waals surface area contributed by atoms with E-state index in [9.17, 15) is 15.0 Å². The molecular weight excluding hydrogens is 384 g/mol. The summed E-state index contributed by atoms with van der Waals surface area (Å²) in [7, 11) is 0. The van der Waals surface area contributed by atoms with Crippen molar-refractivity contribution in [1.82, 2.24) is 0 Å². The van der Waals surface area contributed by atoms with Gasteiger partial charge in [-0.1, -0.05) is 24.3 Å². The van der Waals surface area contributed by atoms with Crippen LogP contribution in [0.5, 0.6) is 23.0 Å². The van der Waals surface area contributed by atoms with Crippen molar-refractivity contribution >= 4 is 5.97 Å². The van der Waals surface area contributed by atoms with Gasteiger partial charge < -0.3 is 24.4 Å². The average molecular weight is 406 g/mol. The van der Waals surface area contributed by atoms with Gasteiger partial charge >= 0.3 is 5.97 Å². The Kier molecular flexibility index (Phi) is 5.23. The molecule has 0 aliphatic carbocycles. The van der Waals surface area contributed by atoms with Crippen LogP contribution < -0.4 is 9.47 Å². The Hall–Kier alpha value is -3.67. The van der Waals surface area contributed by atoms with Crippen LogP contribution in [-0.4, -0.2) is 29.4 Å². The second-order valence-corrected chi connectivity index (χ2v) is 6.83. The minimum atomic E-state index is -0.646. The zero-order valence-electron chi connectivity index (χ0n) is 16.7. The minimum Gasteiger partial charge on any atom is -0.504 e. The van der Waals surface area contributed by atoms with Gasteiger partial charge in [0.1, 0.15) is 0 Å². The number of fused-ring (bicyclic) bond motifs is 1. The van der Waals surface area contributed by atoms with Crippen molar-refractivity contribution in [2.24, 2.45) is 0 Å². The fourth-order valence-electron chi connectivity index (χ4n) is 3.66. The summed E-state index contributed by atoms with van der Waals surface area (Å²) in [6.07, 6.45) is -0.646. The van der Waals surface area contributed by atoms with Gasteiger partial charge in [0.25, 0.3) is 0 Å². The third-order valence-corrected chi connectivity index (χ3v) is 4.97. The number of cyclic esters (lactones) is 1. The first-order valence-electron chi connectivity index (χ1n) is 9.79. The van der Waals surface area contributed by atoms with Crippen molar-refractivity contribution in [3.8, 4) is 34.1 Å². The average Bonchev–Trinajstić information content (AvgIpc) is 3.08. The van der Waals surface area contributed by atoms with Crippen LogP contribution in [0.3, 0.4) is 0 Å². The van der Waals surface area contributed by atoms with Crippen LogP contribution in [0.25, 0.3) is 11.1 Å². The van der Waals surface area contributed by atoms with Crippen LogP contribution in [-0.2, 0) is 4.74 Å². The van der Waals surface area contributed by atoms with Crippen molar-refractivity contribution in [3.63, 3.8) is 0 Å². The maximum atomic E-state index is 12.6. The first-order valence-corrected chi connectivity index (χ1v) is 9.79. The molecule has 0 aromatic heterocycles. The van der Waals surface area contributed by atoms with Crippen LogP contribution in [0.4, 0.5) is 0 Å². The van der Waals surface area contributed by atoms with Gasteiger partial charge in [-0.25, -0.2) is 4.79 Å². The van der Waals surface area contributed by atoms with E-state index in [0.717, 1.165) is 16.7 Å². The second-order valence-electron chi connectivity index (χ2n) is 6.83. The lowest BCUT2D eigenvalue weighted by molar-refractivity contribution is 0.0456. The highest BCUT2D eigenvalue weighted by Crippen LogP contribution is 2.44. The van der Waals surface area contributed by atoms with Crippen molar-refractivity contribution in [1.29, 1.82) is 0 Å². The molecule has 30 heavy (non-hydrogen) atoms. The first kappa shape index (κ1) is 19.6. The minimum absolute atomic E-state index is 0.0262. The van der Waals surface area contributed by atoms with E-state index in [1.165, 1.54) is 6.07 Å². The van der Waals surface area contributed by atoms with E-state index >= 15 is 0 Å². The molecule has 2 N–H and O–H groups in total. The van der Waals surface area contributed by atoms with Crippen molar-refractivity contribution < 1.29 is 29.2 Å². The zero-order chi connectivity index (χ0) is 21.3. The van der Waals surface area contributed by atoms with Gasteiger partial charge in [-0.3, -0.25) is 0 Å². The molecule has 3 aromatic rings. The molecule has 1 unspecified atom stereocenters. The maximum Gasteiger partial charge on any atom is 0.339 e. The van der Waals surface area contributed by atoms with Gasteiger partial charge in [0.2, 0.25) is 0 Å². The number of ether oxygens (including phenoxy) is 3. The van der Waals surface area contributed by atoms with Crippen molar-refractivity contribution in [3.05, 3.63) is 71.3 Å². The normalized spacial score (nSPS) is 14.9. The van der Waals surface area contributed by atoms with E-state index in [0.29, 0.717) is 35.8 Å². The first-order chi connectivity index (χ1) is 14.5. The smallest absolute Gasteiger partial charge is 0.339 e. The highest BCUT2D eigenvalue weighted by Gasteiger charge is 2.35. The van der Waals surface area contributed by atoms with Crippen LogP contribution >= 0.6 is 0 Å². The fraction of sp³-hybridized carbons (Fsp3) is 0.208. The molecule has 0 bridgehead atoms. The van der Waals surface area contributed by atoms with E-state index in [-0.39, 0.29) is 11.5 Å². The zero-order valence-corrected chi connectivity index (χ0v) is 16.7. The molecular formula is C24H22O6. The number of esters is 1. The summed E-state index contributed by atoms with van der Waals surface area (Å²) in [6.45, 7) is 4.49. The molecule has 1 aliphatic heterocycles. The summed E-state index contributed by atoms with van der Waals surface area (Å²) in [6, 6.07) is 15.5. The predicted molar refractivity (Wildman–Crippen MR) is 111 cm³/mol. The SMILES string of the molecule is CCOc1cc(-c2cccc3c2C(c2ccc(O)c(OCC)c2)OC3=O)ccc1O. The Labute approximate surface area is 174 Å². The monoisotopic (exact) mass is 406 g/mol. The van der Waals surface area contributed by atoms with Crippen molar-refractivity contribution in [2.45, 2.75) is 20.0 Å². The summed E-state index contributed by atoms with van der Waals surface area (Å²) in [5.41, 5.74) is 3.49. The number of carbonyl (C=O) groups excluding carboxylic acids is 1. The van der Waals surface area contributed by atoms with Crippen molar-refractivity contribution in [2.75, 3.05) is 13.2 Å². The Morgan fingerprint density at radius 2 is 1.50 bits per heavy atom. The van der Waals surface area contributed by atoms with Gasteiger partial charge in [0, 0.05) is 11.1 Å². The van der Waals surface area contributed by atoms with Gasteiger partial charge in [-0.15, -0.1) is 0 Å². The predicted octanol–water partition coefficient (Wildman–Crippen LogP) is 4.82. The van der Waals surface area contributed by atoms with E-state index in [1.54, 1.807) is 42.5 Å². The molecule has 6 heteroatoms. The molecule has 0 spiro atoms. The lowest BCUT2D eigenvalue weighted by atomic mass is 9.90. The van der Waals surface area contributed by atoms with E-state index in [1.807, 2.05) is 19.9 Å². The number of phenolic OH excluding ortho intramolecular Hbond substituents is 2. The number of hydrogen-bond acceptors (Lipinski definition) is 6. The molecule has 0 fully saturated rings. The number of hydrogen-bond donors (Lipinski definition) is 2.